The maximum atomic E-state index is 13.1. The fraction of sp³-hybridized carbons (Fsp3) is 0.370. The van der Waals surface area contributed by atoms with E-state index in [9.17, 15) is 14.8 Å². The van der Waals surface area contributed by atoms with E-state index in [0.29, 0.717) is 42.4 Å². The molecule has 1 aliphatic heterocycles. The molecule has 4 rings (SSSR count). The van der Waals surface area contributed by atoms with Gasteiger partial charge in [0.05, 0.1) is 10.4 Å². The zero-order chi connectivity index (χ0) is 26.0. The Morgan fingerprint density at radius 1 is 1.03 bits per heavy atom. The molecule has 3 aromatic rings. The Balaban J connectivity index is 1.45. The van der Waals surface area contributed by atoms with Crippen LogP contribution in [-0.4, -0.2) is 58.1 Å². The summed E-state index contributed by atoms with van der Waals surface area (Å²) in [6.07, 6.45) is 1.74. The van der Waals surface area contributed by atoms with E-state index in [4.69, 9.17) is 0 Å². The minimum absolute atomic E-state index is 0.0165. The first kappa shape index (κ1) is 26.3. The van der Waals surface area contributed by atoms with Crippen LogP contribution < -0.4 is 5.32 Å². The summed E-state index contributed by atoms with van der Waals surface area (Å²) in [5, 5.41) is 14.3. The molecule has 0 atom stereocenters. The number of nitrogens with zero attached hydrogens (tertiary/aromatic N) is 3. The molecule has 1 aliphatic rings. The van der Waals surface area contributed by atoms with Crippen LogP contribution in [0.15, 0.2) is 51.7 Å². The number of carbonyl (C=O) groups excluding carboxylic acids is 2. The van der Waals surface area contributed by atoms with Gasteiger partial charge in [-0.2, -0.15) is 5.06 Å². The van der Waals surface area contributed by atoms with Gasteiger partial charge >= 0.3 is 0 Å². The standard InChI is InChI=1S/C27H32N4O3S2/c1-17-14-18(2)22(15-21(17)25(33)30-10-12-31(34)13-11-30)35-23-16-28-26(36-23)29-24(32)19-6-8-20(9-7-19)27(3,4)5/h6-9,14-16,34H,10-13H2,1-5H3,(H,28,29,32). The quantitative estimate of drug-likeness (QED) is 0.451. The Morgan fingerprint density at radius 2 is 1.69 bits per heavy atom. The summed E-state index contributed by atoms with van der Waals surface area (Å²) in [4.78, 5) is 33.0. The van der Waals surface area contributed by atoms with Crippen LogP contribution in [0, 0.1) is 13.8 Å². The fourth-order valence-electron chi connectivity index (χ4n) is 4.01. The second-order valence-electron chi connectivity index (χ2n) is 10.0. The first-order valence-corrected chi connectivity index (χ1v) is 13.5. The number of aromatic nitrogens is 1. The van der Waals surface area contributed by atoms with E-state index in [0.717, 1.165) is 20.2 Å². The summed E-state index contributed by atoms with van der Waals surface area (Å²) in [6.45, 7) is 12.3. The Morgan fingerprint density at radius 3 is 2.33 bits per heavy atom. The summed E-state index contributed by atoms with van der Waals surface area (Å²) >= 11 is 2.94. The maximum Gasteiger partial charge on any atom is 0.257 e. The van der Waals surface area contributed by atoms with Gasteiger partial charge in [-0.1, -0.05) is 62.1 Å². The Bertz CT molecular complexity index is 1260. The smallest absolute Gasteiger partial charge is 0.257 e. The molecule has 2 N–H and O–H groups in total. The molecule has 7 nitrogen and oxygen atoms in total. The average molecular weight is 525 g/mol. The summed E-state index contributed by atoms with van der Waals surface area (Å²) in [7, 11) is 0. The van der Waals surface area contributed by atoms with E-state index in [-0.39, 0.29) is 17.2 Å². The number of carbonyl (C=O) groups is 2. The van der Waals surface area contributed by atoms with Crippen molar-refractivity contribution < 1.29 is 14.8 Å². The minimum Gasteiger partial charge on any atom is -0.336 e. The van der Waals surface area contributed by atoms with Gasteiger partial charge in [0.2, 0.25) is 0 Å². The van der Waals surface area contributed by atoms with Gasteiger partial charge in [-0.05, 0) is 54.2 Å². The number of anilines is 1. The van der Waals surface area contributed by atoms with Crippen LogP contribution in [-0.2, 0) is 5.41 Å². The largest absolute Gasteiger partial charge is 0.336 e. The highest BCUT2D eigenvalue weighted by Gasteiger charge is 2.23. The molecule has 9 heteroatoms. The maximum absolute atomic E-state index is 13.1. The summed E-state index contributed by atoms with van der Waals surface area (Å²) < 4.78 is 0.924. The Hall–Kier alpha value is -2.72. The first-order chi connectivity index (χ1) is 17.0. The van der Waals surface area contributed by atoms with Crippen LogP contribution in [0.1, 0.15) is 58.2 Å². The molecular weight excluding hydrogens is 492 g/mol. The zero-order valence-electron chi connectivity index (χ0n) is 21.3. The molecular formula is C27H32N4O3S2. The number of hydrogen-bond acceptors (Lipinski definition) is 7. The molecule has 0 aliphatic carbocycles. The Labute approximate surface area is 220 Å². The van der Waals surface area contributed by atoms with Gasteiger partial charge in [-0.15, -0.1) is 0 Å². The van der Waals surface area contributed by atoms with Gasteiger partial charge in [0.15, 0.2) is 5.13 Å². The molecule has 0 bridgehead atoms. The molecule has 1 fully saturated rings. The number of hydrogen-bond donors (Lipinski definition) is 2. The van der Waals surface area contributed by atoms with Gasteiger partial charge < -0.3 is 10.1 Å². The SMILES string of the molecule is Cc1cc(C)c(C(=O)N2CCN(O)CC2)cc1Sc1cnc(NC(=O)c2ccc(C(C)(C)C)cc2)s1. The van der Waals surface area contributed by atoms with Crippen LogP contribution in [0.2, 0.25) is 0 Å². The highest BCUT2D eigenvalue weighted by Crippen LogP contribution is 2.37. The minimum atomic E-state index is -0.191. The second kappa shape index (κ2) is 10.7. The molecule has 36 heavy (non-hydrogen) atoms. The molecule has 1 saturated heterocycles. The summed E-state index contributed by atoms with van der Waals surface area (Å²) in [5.41, 5.74) is 4.48. The van der Waals surface area contributed by atoms with Crippen LogP contribution in [0.4, 0.5) is 5.13 Å². The number of aryl methyl sites for hydroxylation is 2. The highest BCUT2D eigenvalue weighted by molar-refractivity contribution is 8.01. The van der Waals surface area contributed by atoms with Crippen molar-refractivity contribution >= 4 is 40.0 Å². The predicted octanol–water partition coefficient (Wildman–Crippen LogP) is 5.61. The van der Waals surface area contributed by atoms with Crippen molar-refractivity contribution in [3.8, 4) is 0 Å². The molecule has 0 saturated carbocycles. The molecule has 2 aromatic carbocycles. The lowest BCUT2D eigenvalue weighted by molar-refractivity contribution is -0.112. The van der Waals surface area contributed by atoms with E-state index >= 15 is 0 Å². The molecule has 0 unspecified atom stereocenters. The average Bonchev–Trinajstić information content (AvgIpc) is 3.27. The van der Waals surface area contributed by atoms with Crippen molar-refractivity contribution in [2.75, 3.05) is 31.5 Å². The molecule has 190 valence electrons. The monoisotopic (exact) mass is 524 g/mol. The van der Waals surface area contributed by atoms with Crippen molar-refractivity contribution in [2.45, 2.75) is 49.1 Å². The molecule has 1 aromatic heterocycles. The second-order valence-corrected chi connectivity index (χ2v) is 12.4. The van der Waals surface area contributed by atoms with Crippen LogP contribution >= 0.6 is 23.1 Å². The van der Waals surface area contributed by atoms with Gasteiger partial charge in [-0.3, -0.25) is 14.9 Å². The summed E-state index contributed by atoms with van der Waals surface area (Å²) in [5.74, 6) is -0.207. The lowest BCUT2D eigenvalue weighted by Gasteiger charge is -2.31. The predicted molar refractivity (Wildman–Crippen MR) is 145 cm³/mol. The molecule has 0 spiro atoms. The number of amides is 2. The topological polar surface area (TPSA) is 85.8 Å². The molecule has 2 heterocycles. The number of piperazine rings is 1. The molecule has 0 radical (unpaired) electrons. The van der Waals surface area contributed by atoms with E-state index in [1.165, 1.54) is 33.7 Å². The lowest BCUT2D eigenvalue weighted by atomic mass is 9.87. The van der Waals surface area contributed by atoms with E-state index in [1.54, 1.807) is 11.1 Å². The number of rotatable bonds is 5. The highest BCUT2D eigenvalue weighted by atomic mass is 32.2. The van der Waals surface area contributed by atoms with E-state index < -0.39 is 0 Å². The Kier molecular flexibility index (Phi) is 7.85. The normalized spacial score (nSPS) is 14.7. The zero-order valence-corrected chi connectivity index (χ0v) is 22.9. The van der Waals surface area contributed by atoms with Crippen molar-refractivity contribution in [3.05, 3.63) is 70.4 Å². The van der Waals surface area contributed by atoms with E-state index in [1.807, 2.05) is 50.2 Å². The van der Waals surface area contributed by atoms with Gasteiger partial charge in [0.25, 0.3) is 11.8 Å². The third-order valence-electron chi connectivity index (χ3n) is 6.22. The number of nitrogens with one attached hydrogen (secondary N) is 1. The van der Waals surface area contributed by atoms with Crippen LogP contribution in [0.25, 0.3) is 0 Å². The van der Waals surface area contributed by atoms with Crippen LogP contribution in [0.3, 0.4) is 0 Å². The van der Waals surface area contributed by atoms with Crippen molar-refractivity contribution in [2.24, 2.45) is 0 Å². The van der Waals surface area contributed by atoms with Gasteiger partial charge in [-0.25, -0.2) is 4.98 Å². The van der Waals surface area contributed by atoms with Crippen molar-refractivity contribution in [1.29, 1.82) is 0 Å². The fourth-order valence-corrected chi connectivity index (χ4v) is 5.94. The third-order valence-corrected chi connectivity index (χ3v) is 8.40. The third kappa shape index (κ3) is 6.15. The van der Waals surface area contributed by atoms with Crippen LogP contribution in [0.5, 0.6) is 0 Å². The van der Waals surface area contributed by atoms with Gasteiger partial charge in [0.1, 0.15) is 0 Å². The van der Waals surface area contributed by atoms with Gasteiger partial charge in [0, 0.05) is 42.2 Å². The van der Waals surface area contributed by atoms with E-state index in [2.05, 4.69) is 31.1 Å². The van der Waals surface area contributed by atoms with Crippen molar-refractivity contribution in [3.63, 3.8) is 0 Å². The first-order valence-electron chi connectivity index (χ1n) is 11.9. The number of hydroxylamine groups is 2. The number of benzene rings is 2. The van der Waals surface area contributed by atoms with Crippen molar-refractivity contribution in [1.82, 2.24) is 14.9 Å². The lowest BCUT2D eigenvalue weighted by Crippen LogP contribution is -2.47. The molecule has 2 amide bonds. The summed E-state index contributed by atoms with van der Waals surface area (Å²) in [6, 6.07) is 11.6. The number of thiazole rings is 1.